The Kier molecular flexibility index (Phi) is 8.87. The summed E-state index contributed by atoms with van der Waals surface area (Å²) < 4.78 is 1.02. The molecular formula is C40H41N5O3S. The van der Waals surface area contributed by atoms with Crippen molar-refractivity contribution in [1.29, 1.82) is 0 Å². The second-order valence-corrected chi connectivity index (χ2v) is 14.8. The minimum atomic E-state index is -1.04. The van der Waals surface area contributed by atoms with Gasteiger partial charge in [0.25, 0.3) is 5.91 Å². The quantitative estimate of drug-likeness (QED) is 0.172. The van der Waals surface area contributed by atoms with Crippen LogP contribution in [0.4, 0.5) is 10.9 Å². The van der Waals surface area contributed by atoms with Crippen LogP contribution < -0.4 is 10.2 Å². The number of nitrogens with one attached hydrogen (secondary N) is 1. The van der Waals surface area contributed by atoms with Gasteiger partial charge in [-0.15, -0.1) is 0 Å². The number of aromatic carboxylic acids is 1. The normalized spacial score (nSPS) is 16.7. The van der Waals surface area contributed by atoms with Crippen molar-refractivity contribution in [3.63, 3.8) is 0 Å². The first-order valence-electron chi connectivity index (χ1n) is 17.6. The molecule has 8 rings (SSSR count). The molecule has 0 atom stereocenters. The molecular weight excluding hydrogens is 631 g/mol. The van der Waals surface area contributed by atoms with Gasteiger partial charge in [-0.1, -0.05) is 85.9 Å². The lowest BCUT2D eigenvalue weighted by atomic mass is 9.86. The summed E-state index contributed by atoms with van der Waals surface area (Å²) in [5, 5.41) is 13.9. The van der Waals surface area contributed by atoms with Gasteiger partial charge in [0.2, 0.25) is 0 Å². The Morgan fingerprint density at radius 2 is 1.71 bits per heavy atom. The van der Waals surface area contributed by atoms with Gasteiger partial charge in [0.05, 0.1) is 10.2 Å². The predicted molar refractivity (Wildman–Crippen MR) is 196 cm³/mol. The Bertz CT molecular complexity index is 2000. The van der Waals surface area contributed by atoms with Crippen LogP contribution in [-0.4, -0.2) is 51.5 Å². The lowest BCUT2D eigenvalue weighted by Gasteiger charge is -2.32. The summed E-state index contributed by atoms with van der Waals surface area (Å²) in [6.07, 6.45) is 9.97. The van der Waals surface area contributed by atoms with Gasteiger partial charge >= 0.3 is 5.97 Å². The molecule has 0 bridgehead atoms. The summed E-state index contributed by atoms with van der Waals surface area (Å²) in [6.45, 7) is 4.31. The van der Waals surface area contributed by atoms with Gasteiger partial charge in [0.15, 0.2) is 10.8 Å². The predicted octanol–water partition coefficient (Wildman–Crippen LogP) is 8.20. The molecule has 0 radical (unpaired) electrons. The minimum Gasteiger partial charge on any atom is -0.476 e. The maximum atomic E-state index is 13.5. The number of pyridine rings is 1. The number of hydrogen-bond acceptors (Lipinski definition) is 7. The third-order valence-electron chi connectivity index (χ3n) is 10.6. The highest BCUT2D eigenvalue weighted by molar-refractivity contribution is 7.22. The van der Waals surface area contributed by atoms with Crippen molar-refractivity contribution in [3.05, 3.63) is 106 Å². The van der Waals surface area contributed by atoms with Crippen molar-refractivity contribution in [3.8, 4) is 11.1 Å². The Hall–Kier alpha value is -4.60. The van der Waals surface area contributed by atoms with Crippen LogP contribution >= 0.6 is 11.3 Å². The molecule has 9 heteroatoms. The summed E-state index contributed by atoms with van der Waals surface area (Å²) in [5.74, 6) is 0.238. The Morgan fingerprint density at radius 3 is 2.57 bits per heavy atom. The number of carbonyl (C=O) groups excluding carboxylic acids is 1. The average molecular weight is 672 g/mol. The van der Waals surface area contributed by atoms with Crippen LogP contribution in [0.15, 0.2) is 72.8 Å². The van der Waals surface area contributed by atoms with E-state index in [4.69, 9.17) is 4.98 Å². The first-order valence-corrected chi connectivity index (χ1v) is 18.4. The number of carboxylic acid groups (broad SMARTS) is 1. The molecule has 8 nitrogen and oxygen atoms in total. The first kappa shape index (κ1) is 31.7. The largest absolute Gasteiger partial charge is 0.476 e. The Labute approximate surface area is 290 Å². The number of hydrogen-bond donors (Lipinski definition) is 2. The number of anilines is 2. The van der Waals surface area contributed by atoms with E-state index in [9.17, 15) is 14.7 Å². The third-order valence-corrected chi connectivity index (χ3v) is 11.6. The lowest BCUT2D eigenvalue weighted by Crippen LogP contribution is -2.33. The van der Waals surface area contributed by atoms with E-state index in [2.05, 4.69) is 44.4 Å². The molecule has 1 saturated carbocycles. The van der Waals surface area contributed by atoms with Crippen LogP contribution in [0.5, 0.6) is 0 Å². The standard InChI is InChI=1S/C40H41N5O3S/c46-38(43-40-41-34-11-4-5-12-35(34)49-40)32-10-6-9-27-19-22-45(25-33(27)32)36-16-15-31(37(42-36)39(47)48)29-13-14-30-24-44(21-18-28(30)23-29)20-17-26-7-2-1-3-8-26/h4-6,9-16,23,26H,1-3,7-8,17-22,24-25H2,(H,47,48)(H,41,43,46). The molecule has 1 amide bonds. The topological polar surface area (TPSA) is 98.7 Å². The zero-order valence-electron chi connectivity index (χ0n) is 27.7. The number of para-hydroxylation sites is 1. The summed E-state index contributed by atoms with van der Waals surface area (Å²) in [5.41, 5.74) is 7.72. The van der Waals surface area contributed by atoms with Crippen LogP contribution in [0.25, 0.3) is 21.3 Å². The number of nitrogens with zero attached hydrogens (tertiary/aromatic N) is 4. The van der Waals surface area contributed by atoms with E-state index in [0.29, 0.717) is 35.2 Å². The van der Waals surface area contributed by atoms with E-state index in [1.165, 1.54) is 61.0 Å². The number of fused-ring (bicyclic) bond motifs is 3. The second-order valence-electron chi connectivity index (χ2n) is 13.7. The Balaban J connectivity index is 0.988. The minimum absolute atomic E-state index is 0.0510. The number of aromatic nitrogens is 2. The van der Waals surface area contributed by atoms with Crippen LogP contribution in [0.3, 0.4) is 0 Å². The number of thiazole rings is 1. The maximum Gasteiger partial charge on any atom is 0.355 e. The van der Waals surface area contributed by atoms with E-state index in [1.807, 2.05) is 48.5 Å². The van der Waals surface area contributed by atoms with Gasteiger partial charge in [0.1, 0.15) is 5.82 Å². The van der Waals surface area contributed by atoms with Crippen molar-refractivity contribution < 1.29 is 14.7 Å². The molecule has 1 fully saturated rings. The van der Waals surface area contributed by atoms with Gasteiger partial charge in [0, 0.05) is 37.3 Å². The molecule has 250 valence electrons. The van der Waals surface area contributed by atoms with Gasteiger partial charge in [-0.2, -0.15) is 0 Å². The fourth-order valence-corrected chi connectivity index (χ4v) is 8.77. The van der Waals surface area contributed by atoms with Crippen molar-refractivity contribution in [2.24, 2.45) is 5.92 Å². The van der Waals surface area contributed by atoms with Crippen molar-refractivity contribution in [2.75, 3.05) is 29.9 Å². The number of benzene rings is 3. The summed E-state index contributed by atoms with van der Waals surface area (Å²) in [7, 11) is 0. The molecule has 4 heterocycles. The number of carbonyl (C=O) groups is 2. The van der Waals surface area contributed by atoms with Gasteiger partial charge in [-0.3, -0.25) is 15.0 Å². The highest BCUT2D eigenvalue weighted by Crippen LogP contribution is 2.33. The highest BCUT2D eigenvalue weighted by atomic mass is 32.1. The molecule has 0 saturated heterocycles. The molecule has 0 spiro atoms. The molecule has 1 aliphatic carbocycles. The molecule has 0 unspecified atom stereocenters. The zero-order chi connectivity index (χ0) is 33.3. The fourth-order valence-electron chi connectivity index (χ4n) is 7.91. The van der Waals surface area contributed by atoms with Crippen molar-refractivity contribution in [1.82, 2.24) is 14.9 Å². The summed E-state index contributed by atoms with van der Waals surface area (Å²) in [4.78, 5) is 40.1. The van der Waals surface area contributed by atoms with E-state index in [-0.39, 0.29) is 11.6 Å². The van der Waals surface area contributed by atoms with Crippen molar-refractivity contribution >= 4 is 44.4 Å². The lowest BCUT2D eigenvalue weighted by molar-refractivity contribution is 0.0691. The summed E-state index contributed by atoms with van der Waals surface area (Å²) >= 11 is 1.45. The molecule has 3 aromatic carbocycles. The number of rotatable bonds is 8. The first-order chi connectivity index (χ1) is 24.0. The van der Waals surface area contributed by atoms with E-state index < -0.39 is 5.97 Å². The van der Waals surface area contributed by atoms with Crippen molar-refractivity contribution in [2.45, 2.75) is 64.5 Å². The van der Waals surface area contributed by atoms with E-state index in [1.54, 1.807) is 0 Å². The molecule has 2 N–H and O–H groups in total. The maximum absolute atomic E-state index is 13.5. The fraction of sp³-hybridized carbons (Fsp3) is 0.350. The zero-order valence-corrected chi connectivity index (χ0v) is 28.5. The average Bonchev–Trinajstić information content (AvgIpc) is 3.55. The molecule has 3 aliphatic rings. The van der Waals surface area contributed by atoms with E-state index >= 15 is 0 Å². The van der Waals surface area contributed by atoms with Gasteiger partial charge in [-0.25, -0.2) is 14.8 Å². The van der Waals surface area contributed by atoms with Crippen LogP contribution in [0, 0.1) is 5.92 Å². The number of carboxylic acids is 1. The highest BCUT2D eigenvalue weighted by Gasteiger charge is 2.26. The number of amides is 1. The smallest absolute Gasteiger partial charge is 0.355 e. The monoisotopic (exact) mass is 671 g/mol. The third kappa shape index (κ3) is 6.70. The second kappa shape index (κ2) is 13.7. The van der Waals surface area contributed by atoms with Crippen LogP contribution in [0.2, 0.25) is 0 Å². The molecule has 2 aliphatic heterocycles. The van der Waals surface area contributed by atoms with Crippen LogP contribution in [-0.2, 0) is 25.9 Å². The van der Waals surface area contributed by atoms with Crippen LogP contribution in [0.1, 0.15) is 81.6 Å². The van der Waals surface area contributed by atoms with E-state index in [0.717, 1.165) is 65.3 Å². The Morgan fingerprint density at radius 1 is 0.857 bits per heavy atom. The molecule has 49 heavy (non-hydrogen) atoms. The SMILES string of the molecule is O=C(Nc1nc2ccccc2s1)c1cccc2c1CN(c1ccc(-c3ccc4c(c3)CCN(CCC3CCCCC3)C4)c(C(=O)O)n1)CC2. The van der Waals surface area contributed by atoms with Gasteiger partial charge < -0.3 is 10.0 Å². The molecule has 2 aromatic heterocycles. The molecule has 5 aromatic rings. The summed E-state index contributed by atoms with van der Waals surface area (Å²) in [6, 6.07) is 23.9. The van der Waals surface area contributed by atoms with Gasteiger partial charge in [-0.05, 0) is 89.9 Å².